The van der Waals surface area contributed by atoms with Gasteiger partial charge in [-0.05, 0) is 73.2 Å². The van der Waals surface area contributed by atoms with Crippen LogP contribution >= 0.6 is 0 Å². The maximum absolute atomic E-state index is 14.1. The molecule has 0 aromatic heterocycles. The highest BCUT2D eigenvalue weighted by Gasteiger charge is 2.43. The molecule has 1 heterocycles. The Morgan fingerprint density at radius 3 is 2.07 bits per heavy atom. The zero-order valence-corrected chi connectivity index (χ0v) is 24.3. The van der Waals surface area contributed by atoms with Crippen molar-refractivity contribution < 1.29 is 48.7 Å². The van der Waals surface area contributed by atoms with Crippen LogP contribution in [-0.4, -0.2) is 61.2 Å². The lowest BCUT2D eigenvalue weighted by Crippen LogP contribution is -2.49. The van der Waals surface area contributed by atoms with Crippen LogP contribution in [0, 0.1) is 18.7 Å². The minimum absolute atomic E-state index is 0.00572. The topological polar surface area (TPSA) is 74.8 Å². The minimum Gasteiger partial charge on any atom is -0.342 e. The van der Waals surface area contributed by atoms with Gasteiger partial charge in [-0.25, -0.2) is 12.8 Å². The molecule has 0 N–H and O–H groups in total. The lowest BCUT2D eigenvalue weighted by molar-refractivity contribution is -0.143. The third-order valence-electron chi connectivity index (χ3n) is 7.87. The number of likely N-dealkylation sites (tertiary alicyclic amines) is 1. The summed E-state index contributed by atoms with van der Waals surface area (Å²) in [4.78, 5) is 29.7. The first-order valence-electron chi connectivity index (χ1n) is 13.6. The van der Waals surface area contributed by atoms with Crippen LogP contribution < -0.4 is 0 Å². The van der Waals surface area contributed by atoms with Crippen molar-refractivity contribution in [2.45, 2.75) is 63.5 Å². The Labute approximate surface area is 244 Å². The fourth-order valence-corrected chi connectivity index (χ4v) is 6.11. The zero-order valence-electron chi connectivity index (χ0n) is 23.4. The van der Waals surface area contributed by atoms with E-state index >= 15 is 0 Å². The zero-order chi connectivity index (χ0) is 31.9. The van der Waals surface area contributed by atoms with Crippen LogP contribution in [0.25, 0.3) is 0 Å². The van der Waals surface area contributed by atoms with Gasteiger partial charge in [-0.1, -0.05) is 6.07 Å². The first-order valence-corrected chi connectivity index (χ1v) is 15.7. The maximum Gasteiger partial charge on any atom is 0.416 e. The quantitative estimate of drug-likeness (QED) is 0.347. The highest BCUT2D eigenvalue weighted by atomic mass is 32.2. The molecule has 2 aliphatic rings. The number of amides is 2. The summed E-state index contributed by atoms with van der Waals surface area (Å²) in [5.74, 6) is -3.29. The minimum atomic E-state index is -5.04. The van der Waals surface area contributed by atoms with Crippen LogP contribution in [0.15, 0.2) is 36.4 Å². The fourth-order valence-electron chi connectivity index (χ4n) is 5.57. The molecular formula is C29H31F7N2O4S. The second kappa shape index (κ2) is 12.1. The molecule has 2 unspecified atom stereocenters. The van der Waals surface area contributed by atoms with Crippen LogP contribution in [0.3, 0.4) is 0 Å². The van der Waals surface area contributed by atoms with E-state index in [-0.39, 0.29) is 49.4 Å². The Balaban J connectivity index is 1.66. The summed E-state index contributed by atoms with van der Waals surface area (Å²) in [5.41, 5.74) is -2.19. The van der Waals surface area contributed by atoms with E-state index in [9.17, 15) is 48.7 Å². The number of piperidine rings is 1. The van der Waals surface area contributed by atoms with Gasteiger partial charge in [0.25, 0.3) is 0 Å². The molecule has 4 rings (SSSR count). The lowest BCUT2D eigenvalue weighted by Gasteiger charge is -2.41. The number of aryl methyl sites for hydroxylation is 1. The summed E-state index contributed by atoms with van der Waals surface area (Å²) < 4.78 is 118. The van der Waals surface area contributed by atoms with Gasteiger partial charge in [0, 0.05) is 50.2 Å². The Morgan fingerprint density at radius 1 is 0.953 bits per heavy atom. The van der Waals surface area contributed by atoms with E-state index in [1.54, 1.807) is 6.92 Å². The Kier molecular flexibility index (Phi) is 9.20. The third kappa shape index (κ3) is 8.27. The molecule has 2 amide bonds. The van der Waals surface area contributed by atoms with E-state index in [1.807, 2.05) is 0 Å². The summed E-state index contributed by atoms with van der Waals surface area (Å²) in [6.45, 7) is 1.26. The smallest absolute Gasteiger partial charge is 0.342 e. The Bertz CT molecular complexity index is 1450. The largest absolute Gasteiger partial charge is 0.416 e. The molecular weight excluding hydrogens is 605 g/mol. The van der Waals surface area contributed by atoms with Crippen molar-refractivity contribution in [2.24, 2.45) is 5.92 Å². The van der Waals surface area contributed by atoms with Crippen molar-refractivity contribution in [3.8, 4) is 0 Å². The molecule has 2 atom stereocenters. The molecule has 2 aromatic rings. The molecule has 1 saturated carbocycles. The predicted molar refractivity (Wildman–Crippen MR) is 143 cm³/mol. The molecule has 236 valence electrons. The number of carbonyl (C=O) groups is 2. The standard InChI is InChI=1S/C29H31F7N2O4S/c1-17-11-21(30)3-6-23(17)25-16-37(26(39)8-10-43(2,41)42)9-7-24(25)27(40)38(22-4-5-22)15-18-12-19(28(31,32)33)14-20(13-18)29(34,35)36/h3,6,11-14,22,24-25H,4-5,7-10,15-16H2,1-2H3. The molecule has 6 nitrogen and oxygen atoms in total. The van der Waals surface area contributed by atoms with E-state index in [2.05, 4.69) is 0 Å². The molecule has 1 saturated heterocycles. The van der Waals surface area contributed by atoms with Gasteiger partial charge in [-0.2, -0.15) is 26.3 Å². The maximum atomic E-state index is 14.1. The van der Waals surface area contributed by atoms with Crippen molar-refractivity contribution in [2.75, 3.05) is 25.1 Å². The average Bonchev–Trinajstić information content (AvgIpc) is 3.73. The number of carbonyl (C=O) groups excluding carboxylic acids is 2. The first kappa shape index (κ1) is 32.7. The highest BCUT2D eigenvalue weighted by Crippen LogP contribution is 2.41. The summed E-state index contributed by atoms with van der Waals surface area (Å²) in [5, 5.41) is 0. The summed E-state index contributed by atoms with van der Waals surface area (Å²) in [7, 11) is -3.42. The summed E-state index contributed by atoms with van der Waals surface area (Å²) in [6, 6.07) is 4.85. The molecule has 0 bridgehead atoms. The van der Waals surface area contributed by atoms with Gasteiger partial charge in [0.15, 0.2) is 0 Å². The van der Waals surface area contributed by atoms with Crippen molar-refractivity contribution in [1.29, 1.82) is 0 Å². The normalized spacial score (nSPS) is 19.8. The Morgan fingerprint density at radius 2 is 1.56 bits per heavy atom. The van der Waals surface area contributed by atoms with E-state index in [4.69, 9.17) is 0 Å². The number of hydrogen-bond acceptors (Lipinski definition) is 4. The third-order valence-corrected chi connectivity index (χ3v) is 8.82. The molecule has 0 radical (unpaired) electrons. The van der Waals surface area contributed by atoms with Crippen LogP contribution in [0.4, 0.5) is 30.7 Å². The van der Waals surface area contributed by atoms with Crippen molar-refractivity contribution in [3.63, 3.8) is 0 Å². The van der Waals surface area contributed by atoms with Gasteiger partial charge in [-0.15, -0.1) is 0 Å². The van der Waals surface area contributed by atoms with Gasteiger partial charge < -0.3 is 9.80 Å². The average molecular weight is 637 g/mol. The predicted octanol–water partition coefficient (Wildman–Crippen LogP) is 5.73. The second-order valence-electron chi connectivity index (χ2n) is 11.3. The van der Waals surface area contributed by atoms with Crippen LogP contribution in [0.5, 0.6) is 0 Å². The number of benzene rings is 2. The monoisotopic (exact) mass is 636 g/mol. The van der Waals surface area contributed by atoms with E-state index < -0.39 is 69.3 Å². The van der Waals surface area contributed by atoms with Gasteiger partial charge in [-0.3, -0.25) is 9.59 Å². The molecule has 0 spiro atoms. The highest BCUT2D eigenvalue weighted by molar-refractivity contribution is 7.90. The number of hydrogen-bond donors (Lipinski definition) is 0. The van der Waals surface area contributed by atoms with Crippen molar-refractivity contribution in [1.82, 2.24) is 9.80 Å². The number of halogens is 7. The fraction of sp³-hybridized carbons (Fsp3) is 0.517. The molecule has 2 fully saturated rings. The molecule has 1 aliphatic carbocycles. The lowest BCUT2D eigenvalue weighted by atomic mass is 9.78. The van der Waals surface area contributed by atoms with Crippen molar-refractivity contribution in [3.05, 3.63) is 70.0 Å². The number of nitrogens with zero attached hydrogens (tertiary/aromatic N) is 2. The molecule has 1 aliphatic heterocycles. The summed E-state index contributed by atoms with van der Waals surface area (Å²) in [6.07, 6.45) is -8.16. The van der Waals surface area contributed by atoms with Gasteiger partial charge >= 0.3 is 12.4 Å². The van der Waals surface area contributed by atoms with E-state index in [0.29, 0.717) is 36.1 Å². The first-order chi connectivity index (χ1) is 19.8. The van der Waals surface area contributed by atoms with Crippen molar-refractivity contribution >= 4 is 21.7 Å². The number of sulfone groups is 1. The van der Waals surface area contributed by atoms with Gasteiger partial charge in [0.05, 0.1) is 16.9 Å². The van der Waals surface area contributed by atoms with Gasteiger partial charge in [0.2, 0.25) is 11.8 Å². The SMILES string of the molecule is Cc1cc(F)ccc1C1CN(C(=O)CCS(C)(=O)=O)CCC1C(=O)N(Cc1cc(C(F)(F)F)cc(C(F)(F)F)c1)C1CC1. The molecule has 14 heteroatoms. The van der Waals surface area contributed by atoms with Crippen LogP contribution in [0.1, 0.15) is 59.4 Å². The molecule has 2 aromatic carbocycles. The number of rotatable bonds is 8. The van der Waals surface area contributed by atoms with Crippen LogP contribution in [0.2, 0.25) is 0 Å². The number of alkyl halides is 6. The molecule has 43 heavy (non-hydrogen) atoms. The van der Waals surface area contributed by atoms with E-state index in [1.165, 1.54) is 28.0 Å². The van der Waals surface area contributed by atoms with E-state index in [0.717, 1.165) is 6.26 Å². The van der Waals surface area contributed by atoms with Gasteiger partial charge in [0.1, 0.15) is 15.7 Å². The van der Waals surface area contributed by atoms with Crippen LogP contribution in [-0.2, 0) is 38.3 Å². The Hall–Kier alpha value is -3.16. The summed E-state index contributed by atoms with van der Waals surface area (Å²) >= 11 is 0. The second-order valence-corrected chi connectivity index (χ2v) is 13.6.